The number of benzene rings is 1. The van der Waals surface area contributed by atoms with Crippen LogP contribution in [0.5, 0.6) is 0 Å². The molecule has 1 atom stereocenters. The molecule has 0 bridgehead atoms. The van der Waals surface area contributed by atoms with E-state index in [1.165, 1.54) is 23.1 Å². The molecular formula is C12H16ClN. The average molecular weight is 210 g/mol. The Labute approximate surface area is 90.5 Å². The molecular weight excluding hydrogens is 194 g/mol. The number of rotatable bonds is 1. The molecule has 0 amide bonds. The molecule has 1 unspecified atom stereocenters. The van der Waals surface area contributed by atoms with Crippen molar-refractivity contribution in [1.82, 2.24) is 5.32 Å². The van der Waals surface area contributed by atoms with Crippen LogP contribution in [0.2, 0.25) is 5.02 Å². The van der Waals surface area contributed by atoms with Crippen molar-refractivity contribution in [2.45, 2.75) is 26.2 Å². The van der Waals surface area contributed by atoms with Crippen LogP contribution in [-0.4, -0.2) is 13.1 Å². The van der Waals surface area contributed by atoms with Crippen molar-refractivity contribution in [1.29, 1.82) is 0 Å². The van der Waals surface area contributed by atoms with Gasteiger partial charge >= 0.3 is 0 Å². The van der Waals surface area contributed by atoms with Crippen molar-refractivity contribution < 1.29 is 0 Å². The van der Waals surface area contributed by atoms with Crippen LogP contribution in [0, 0.1) is 13.8 Å². The summed E-state index contributed by atoms with van der Waals surface area (Å²) in [6.07, 6.45) is 1.24. The summed E-state index contributed by atoms with van der Waals surface area (Å²) in [6, 6.07) is 4.17. The highest BCUT2D eigenvalue weighted by atomic mass is 35.5. The number of nitrogens with one attached hydrogen (secondary N) is 1. The van der Waals surface area contributed by atoms with E-state index in [9.17, 15) is 0 Å². The van der Waals surface area contributed by atoms with E-state index in [1.807, 2.05) is 6.07 Å². The molecule has 1 N–H and O–H groups in total. The molecule has 2 rings (SSSR count). The predicted octanol–water partition coefficient (Wildman–Crippen LogP) is 3.03. The first-order valence-corrected chi connectivity index (χ1v) is 5.53. The lowest BCUT2D eigenvalue weighted by Gasteiger charge is -2.14. The van der Waals surface area contributed by atoms with Gasteiger partial charge in [-0.05, 0) is 61.6 Å². The Hall–Kier alpha value is -0.530. The highest BCUT2D eigenvalue weighted by molar-refractivity contribution is 6.30. The van der Waals surface area contributed by atoms with Crippen LogP contribution < -0.4 is 5.32 Å². The van der Waals surface area contributed by atoms with Gasteiger partial charge in [0, 0.05) is 11.6 Å². The van der Waals surface area contributed by atoms with E-state index in [0.29, 0.717) is 5.92 Å². The fraction of sp³-hybridized carbons (Fsp3) is 0.500. The van der Waals surface area contributed by atoms with Crippen molar-refractivity contribution in [2.24, 2.45) is 0 Å². The van der Waals surface area contributed by atoms with Crippen LogP contribution >= 0.6 is 11.6 Å². The zero-order valence-corrected chi connectivity index (χ0v) is 9.49. The predicted molar refractivity (Wildman–Crippen MR) is 61.2 cm³/mol. The van der Waals surface area contributed by atoms with E-state index in [-0.39, 0.29) is 0 Å². The molecule has 1 fully saturated rings. The van der Waals surface area contributed by atoms with Gasteiger partial charge in [-0.2, -0.15) is 0 Å². The second-order valence-corrected chi connectivity index (χ2v) is 4.56. The van der Waals surface area contributed by atoms with Crippen molar-refractivity contribution in [3.8, 4) is 0 Å². The minimum absolute atomic E-state index is 0.660. The third-order valence-corrected chi connectivity index (χ3v) is 3.39. The summed E-state index contributed by atoms with van der Waals surface area (Å²) < 4.78 is 0. The molecule has 0 aromatic heterocycles. The van der Waals surface area contributed by atoms with Crippen LogP contribution in [0.25, 0.3) is 0 Å². The van der Waals surface area contributed by atoms with Gasteiger partial charge in [0.15, 0.2) is 0 Å². The lowest BCUT2D eigenvalue weighted by atomic mass is 9.92. The Balaban J connectivity index is 2.40. The third kappa shape index (κ3) is 1.79. The van der Waals surface area contributed by atoms with Crippen LogP contribution in [0.4, 0.5) is 0 Å². The number of hydrogen-bond donors (Lipinski definition) is 1. The minimum Gasteiger partial charge on any atom is -0.316 e. The van der Waals surface area contributed by atoms with Gasteiger partial charge in [0.1, 0.15) is 0 Å². The lowest BCUT2D eigenvalue weighted by molar-refractivity contribution is 0.756. The largest absolute Gasteiger partial charge is 0.316 e. The lowest BCUT2D eigenvalue weighted by Crippen LogP contribution is -2.09. The Morgan fingerprint density at radius 1 is 1.36 bits per heavy atom. The summed E-state index contributed by atoms with van der Waals surface area (Å²) in [5, 5.41) is 4.26. The molecule has 1 saturated heterocycles. The standard InChI is InChI=1S/C12H16ClN/c1-8-5-11(13)6-12(9(8)2)10-3-4-14-7-10/h5-6,10,14H,3-4,7H2,1-2H3. The van der Waals surface area contributed by atoms with Crippen molar-refractivity contribution in [2.75, 3.05) is 13.1 Å². The minimum atomic E-state index is 0.660. The van der Waals surface area contributed by atoms with Crippen molar-refractivity contribution in [3.63, 3.8) is 0 Å². The highest BCUT2D eigenvalue weighted by Crippen LogP contribution is 2.29. The molecule has 1 aliphatic heterocycles. The topological polar surface area (TPSA) is 12.0 Å². The second kappa shape index (κ2) is 3.92. The molecule has 0 saturated carbocycles. The molecule has 0 radical (unpaired) electrons. The van der Waals surface area contributed by atoms with Gasteiger partial charge in [-0.1, -0.05) is 11.6 Å². The number of halogens is 1. The summed E-state index contributed by atoms with van der Waals surface area (Å²) in [6.45, 7) is 6.56. The molecule has 0 spiro atoms. The maximum atomic E-state index is 6.08. The van der Waals surface area contributed by atoms with E-state index in [2.05, 4.69) is 25.2 Å². The Morgan fingerprint density at radius 3 is 2.79 bits per heavy atom. The van der Waals surface area contributed by atoms with Gasteiger partial charge in [0.05, 0.1) is 0 Å². The zero-order valence-electron chi connectivity index (χ0n) is 8.73. The van der Waals surface area contributed by atoms with Crippen molar-refractivity contribution >= 4 is 11.6 Å². The normalized spacial score (nSPS) is 21.5. The van der Waals surface area contributed by atoms with Crippen LogP contribution in [0.3, 0.4) is 0 Å². The van der Waals surface area contributed by atoms with Gasteiger partial charge < -0.3 is 5.32 Å². The van der Waals surface area contributed by atoms with Gasteiger partial charge in [-0.25, -0.2) is 0 Å². The quantitative estimate of drug-likeness (QED) is 0.750. The first-order valence-electron chi connectivity index (χ1n) is 5.16. The Morgan fingerprint density at radius 2 is 2.14 bits per heavy atom. The molecule has 1 aromatic carbocycles. The van der Waals surface area contributed by atoms with Gasteiger partial charge in [-0.15, -0.1) is 0 Å². The fourth-order valence-corrected chi connectivity index (χ4v) is 2.47. The summed E-state index contributed by atoms with van der Waals surface area (Å²) in [5.74, 6) is 0.660. The number of aryl methyl sites for hydroxylation is 1. The average Bonchev–Trinajstić information content (AvgIpc) is 2.63. The fourth-order valence-electron chi connectivity index (χ4n) is 2.19. The molecule has 0 aliphatic carbocycles. The second-order valence-electron chi connectivity index (χ2n) is 4.13. The highest BCUT2D eigenvalue weighted by Gasteiger charge is 2.19. The smallest absolute Gasteiger partial charge is 0.0411 e. The molecule has 1 aromatic rings. The van der Waals surface area contributed by atoms with Crippen LogP contribution in [-0.2, 0) is 0 Å². The maximum Gasteiger partial charge on any atom is 0.0411 e. The summed E-state index contributed by atoms with van der Waals surface area (Å²) in [7, 11) is 0. The number of hydrogen-bond acceptors (Lipinski definition) is 1. The van der Waals surface area contributed by atoms with E-state index < -0.39 is 0 Å². The molecule has 2 heteroatoms. The van der Waals surface area contributed by atoms with E-state index in [4.69, 9.17) is 11.6 Å². The Kier molecular flexibility index (Phi) is 2.80. The van der Waals surface area contributed by atoms with E-state index in [0.717, 1.165) is 18.1 Å². The van der Waals surface area contributed by atoms with Gasteiger partial charge in [0.25, 0.3) is 0 Å². The first kappa shape index (κ1) is 10.0. The van der Waals surface area contributed by atoms with Crippen molar-refractivity contribution in [3.05, 3.63) is 33.8 Å². The van der Waals surface area contributed by atoms with Gasteiger partial charge in [-0.3, -0.25) is 0 Å². The maximum absolute atomic E-state index is 6.08. The zero-order chi connectivity index (χ0) is 10.1. The monoisotopic (exact) mass is 209 g/mol. The molecule has 1 aliphatic rings. The third-order valence-electron chi connectivity index (χ3n) is 3.17. The molecule has 14 heavy (non-hydrogen) atoms. The summed E-state index contributed by atoms with van der Waals surface area (Å²) >= 11 is 6.08. The molecule has 76 valence electrons. The van der Waals surface area contributed by atoms with Crippen LogP contribution in [0.15, 0.2) is 12.1 Å². The Bertz CT molecular complexity index is 340. The van der Waals surface area contributed by atoms with Gasteiger partial charge in [0.2, 0.25) is 0 Å². The van der Waals surface area contributed by atoms with Crippen LogP contribution in [0.1, 0.15) is 29.0 Å². The molecule has 1 nitrogen and oxygen atoms in total. The van der Waals surface area contributed by atoms with E-state index >= 15 is 0 Å². The summed E-state index contributed by atoms with van der Waals surface area (Å²) in [5.41, 5.74) is 4.14. The first-order chi connectivity index (χ1) is 6.68. The SMILES string of the molecule is Cc1cc(Cl)cc(C2CCNC2)c1C. The summed E-state index contributed by atoms with van der Waals surface area (Å²) in [4.78, 5) is 0. The van der Waals surface area contributed by atoms with E-state index in [1.54, 1.807) is 0 Å². The molecule has 1 heterocycles.